The van der Waals surface area contributed by atoms with Gasteiger partial charge in [-0.2, -0.15) is 13.2 Å². The van der Waals surface area contributed by atoms with E-state index >= 15 is 0 Å². The lowest BCUT2D eigenvalue weighted by Gasteiger charge is -2.08. The summed E-state index contributed by atoms with van der Waals surface area (Å²) < 4.78 is 39.6. The number of nitrogens with one attached hydrogen (secondary N) is 1. The van der Waals surface area contributed by atoms with Crippen LogP contribution in [-0.2, 0) is 11.3 Å². The summed E-state index contributed by atoms with van der Waals surface area (Å²) in [6.45, 7) is -1.33. The second kappa shape index (κ2) is 8.72. The molecular formula is C11H15ClF3N3O2. The van der Waals surface area contributed by atoms with Gasteiger partial charge in [0.1, 0.15) is 6.61 Å². The van der Waals surface area contributed by atoms with Crippen molar-refractivity contribution in [1.29, 1.82) is 0 Å². The molecular weight excluding hydrogens is 299 g/mol. The van der Waals surface area contributed by atoms with Gasteiger partial charge in [0.05, 0.1) is 12.3 Å². The molecule has 0 radical (unpaired) electrons. The summed E-state index contributed by atoms with van der Waals surface area (Å²) in [5.74, 6) is -0.410. The molecule has 9 heteroatoms. The number of carbonyl (C=O) groups excluding carboxylic acids is 1. The number of halogens is 4. The van der Waals surface area contributed by atoms with E-state index < -0.39 is 18.7 Å². The van der Waals surface area contributed by atoms with Crippen molar-refractivity contribution in [2.24, 2.45) is 5.73 Å². The Kier molecular flexibility index (Phi) is 8.12. The van der Waals surface area contributed by atoms with E-state index in [4.69, 9.17) is 5.73 Å². The standard InChI is InChI=1S/C11H14F3N3O2.ClH/c12-11(13,14)7-19-4-3-17-10(18)8-1-2-16-9(5-8)6-15;/h1-2,5H,3-4,6-7,15H2,(H,17,18);1H. The quantitative estimate of drug-likeness (QED) is 0.775. The molecule has 0 bridgehead atoms. The summed E-state index contributed by atoms with van der Waals surface area (Å²) in [5.41, 5.74) is 6.29. The van der Waals surface area contributed by atoms with Gasteiger partial charge in [-0.3, -0.25) is 9.78 Å². The van der Waals surface area contributed by atoms with E-state index in [1.807, 2.05) is 0 Å². The molecule has 0 saturated carbocycles. The topological polar surface area (TPSA) is 77.2 Å². The number of carbonyl (C=O) groups is 1. The lowest BCUT2D eigenvalue weighted by Crippen LogP contribution is -2.29. The van der Waals surface area contributed by atoms with Crippen LogP contribution in [0.1, 0.15) is 16.1 Å². The fourth-order valence-corrected chi connectivity index (χ4v) is 1.26. The molecule has 5 nitrogen and oxygen atoms in total. The highest BCUT2D eigenvalue weighted by Crippen LogP contribution is 2.13. The van der Waals surface area contributed by atoms with Gasteiger partial charge in [-0.15, -0.1) is 12.4 Å². The predicted octanol–water partition coefficient (Wildman–Crippen LogP) is 1.27. The molecule has 114 valence electrons. The lowest BCUT2D eigenvalue weighted by molar-refractivity contribution is -0.173. The van der Waals surface area contributed by atoms with Crippen molar-refractivity contribution >= 4 is 18.3 Å². The Bertz CT molecular complexity index is 430. The van der Waals surface area contributed by atoms with Gasteiger partial charge in [0, 0.05) is 24.8 Å². The predicted molar refractivity (Wildman–Crippen MR) is 68.6 cm³/mol. The van der Waals surface area contributed by atoms with Crippen LogP contribution in [0.25, 0.3) is 0 Å². The summed E-state index contributed by atoms with van der Waals surface area (Å²) in [7, 11) is 0. The molecule has 1 heterocycles. The average Bonchev–Trinajstić information content (AvgIpc) is 2.37. The Morgan fingerprint density at radius 3 is 2.75 bits per heavy atom. The first-order valence-electron chi connectivity index (χ1n) is 5.50. The molecule has 1 aromatic rings. The van der Waals surface area contributed by atoms with Crippen LogP contribution in [0.15, 0.2) is 18.3 Å². The van der Waals surface area contributed by atoms with Crippen LogP contribution < -0.4 is 11.1 Å². The molecule has 0 aliphatic carbocycles. The van der Waals surface area contributed by atoms with Crippen LogP contribution in [0.4, 0.5) is 13.2 Å². The highest BCUT2D eigenvalue weighted by molar-refractivity contribution is 5.94. The lowest BCUT2D eigenvalue weighted by atomic mass is 10.2. The summed E-state index contributed by atoms with van der Waals surface area (Å²) >= 11 is 0. The van der Waals surface area contributed by atoms with Gasteiger partial charge in [0.25, 0.3) is 5.91 Å². The molecule has 1 amide bonds. The fraction of sp³-hybridized carbons (Fsp3) is 0.455. The highest BCUT2D eigenvalue weighted by atomic mass is 35.5. The maximum atomic E-state index is 11.8. The number of aromatic nitrogens is 1. The minimum atomic E-state index is -4.36. The maximum Gasteiger partial charge on any atom is 0.411 e. The molecule has 3 N–H and O–H groups in total. The van der Waals surface area contributed by atoms with Crippen LogP contribution in [0.2, 0.25) is 0 Å². The monoisotopic (exact) mass is 313 g/mol. The van der Waals surface area contributed by atoms with Gasteiger partial charge in [0.15, 0.2) is 0 Å². The third kappa shape index (κ3) is 7.27. The first-order valence-corrected chi connectivity index (χ1v) is 5.50. The Labute approximate surface area is 120 Å². The molecule has 20 heavy (non-hydrogen) atoms. The van der Waals surface area contributed by atoms with Crippen LogP contribution in [0.3, 0.4) is 0 Å². The number of hydrogen-bond donors (Lipinski definition) is 2. The summed E-state index contributed by atoms with van der Waals surface area (Å²) in [6, 6.07) is 3.01. The number of pyridine rings is 1. The molecule has 0 atom stereocenters. The largest absolute Gasteiger partial charge is 0.411 e. The van der Waals surface area contributed by atoms with E-state index in [1.54, 1.807) is 0 Å². The van der Waals surface area contributed by atoms with E-state index in [9.17, 15) is 18.0 Å². The molecule has 0 spiro atoms. The number of amides is 1. The number of nitrogens with two attached hydrogens (primary N) is 1. The molecule has 0 fully saturated rings. The molecule has 1 rings (SSSR count). The third-order valence-corrected chi connectivity index (χ3v) is 2.09. The zero-order valence-corrected chi connectivity index (χ0v) is 11.3. The number of hydrogen-bond acceptors (Lipinski definition) is 4. The number of alkyl halides is 3. The third-order valence-electron chi connectivity index (χ3n) is 2.09. The zero-order valence-electron chi connectivity index (χ0n) is 10.4. The molecule has 0 aliphatic heterocycles. The first-order chi connectivity index (χ1) is 8.92. The Balaban J connectivity index is 0.00000361. The normalized spacial score (nSPS) is 10.8. The molecule has 0 aliphatic rings. The number of ether oxygens (including phenoxy) is 1. The Morgan fingerprint density at radius 1 is 1.45 bits per heavy atom. The van der Waals surface area contributed by atoms with Crippen LogP contribution in [0.5, 0.6) is 0 Å². The van der Waals surface area contributed by atoms with E-state index in [0.717, 1.165) is 0 Å². The SMILES string of the molecule is Cl.NCc1cc(C(=O)NCCOCC(F)(F)F)ccn1. The van der Waals surface area contributed by atoms with Gasteiger partial charge in [-0.1, -0.05) is 0 Å². The highest BCUT2D eigenvalue weighted by Gasteiger charge is 2.27. The van der Waals surface area contributed by atoms with Gasteiger partial charge in [-0.25, -0.2) is 0 Å². The molecule has 0 saturated heterocycles. The minimum Gasteiger partial charge on any atom is -0.370 e. The van der Waals surface area contributed by atoms with E-state index in [-0.39, 0.29) is 32.1 Å². The van der Waals surface area contributed by atoms with E-state index in [2.05, 4.69) is 15.0 Å². The fourth-order valence-electron chi connectivity index (χ4n) is 1.26. The van der Waals surface area contributed by atoms with Gasteiger partial charge in [0.2, 0.25) is 0 Å². The van der Waals surface area contributed by atoms with Crippen LogP contribution in [-0.4, -0.2) is 36.8 Å². The molecule has 0 unspecified atom stereocenters. The summed E-state index contributed by atoms with van der Waals surface area (Å²) in [5, 5.41) is 2.44. The van der Waals surface area contributed by atoms with E-state index in [0.29, 0.717) is 11.3 Å². The van der Waals surface area contributed by atoms with E-state index in [1.165, 1.54) is 18.3 Å². The van der Waals surface area contributed by atoms with Crippen molar-refractivity contribution in [2.45, 2.75) is 12.7 Å². The van der Waals surface area contributed by atoms with Crippen molar-refractivity contribution in [1.82, 2.24) is 10.3 Å². The van der Waals surface area contributed by atoms with Crippen molar-refractivity contribution in [2.75, 3.05) is 19.8 Å². The first kappa shape index (κ1) is 18.6. The smallest absolute Gasteiger partial charge is 0.370 e. The second-order valence-electron chi connectivity index (χ2n) is 3.66. The zero-order chi connectivity index (χ0) is 14.3. The van der Waals surface area contributed by atoms with Gasteiger partial charge >= 0.3 is 6.18 Å². The van der Waals surface area contributed by atoms with Crippen molar-refractivity contribution in [3.63, 3.8) is 0 Å². The molecule has 1 aromatic heterocycles. The summed E-state index contributed by atoms with van der Waals surface area (Å²) in [6.07, 6.45) is -2.91. The number of nitrogens with zero attached hydrogens (tertiary/aromatic N) is 1. The Hall–Kier alpha value is -1.38. The minimum absolute atomic E-state index is 0. The van der Waals surface area contributed by atoms with Gasteiger partial charge in [-0.05, 0) is 12.1 Å². The van der Waals surface area contributed by atoms with Crippen LogP contribution >= 0.6 is 12.4 Å². The van der Waals surface area contributed by atoms with Crippen molar-refractivity contribution in [3.05, 3.63) is 29.6 Å². The second-order valence-corrected chi connectivity index (χ2v) is 3.66. The Morgan fingerprint density at radius 2 is 2.15 bits per heavy atom. The van der Waals surface area contributed by atoms with Gasteiger partial charge < -0.3 is 15.8 Å². The van der Waals surface area contributed by atoms with Crippen molar-refractivity contribution < 1.29 is 22.7 Å². The van der Waals surface area contributed by atoms with Crippen molar-refractivity contribution in [3.8, 4) is 0 Å². The number of rotatable bonds is 6. The maximum absolute atomic E-state index is 11.8. The van der Waals surface area contributed by atoms with Crippen LogP contribution in [0, 0.1) is 0 Å². The molecule has 0 aromatic carbocycles. The average molecular weight is 314 g/mol. The summed E-state index contributed by atoms with van der Waals surface area (Å²) in [4.78, 5) is 15.5.